The Morgan fingerprint density at radius 2 is 2.25 bits per heavy atom. The Morgan fingerprint density at radius 1 is 1.62 bits per heavy atom. The van der Waals surface area contributed by atoms with Crippen molar-refractivity contribution in [3.63, 3.8) is 0 Å². The molecule has 0 aromatic carbocycles. The van der Waals surface area contributed by atoms with Crippen LogP contribution in [0.3, 0.4) is 0 Å². The number of alkyl halides is 3. The summed E-state index contributed by atoms with van der Waals surface area (Å²) in [6, 6.07) is 0. The van der Waals surface area contributed by atoms with Crippen LogP contribution in [-0.4, -0.2) is 27.7 Å². The van der Waals surface area contributed by atoms with Crippen molar-refractivity contribution in [2.24, 2.45) is 0 Å². The molecular formula is C6H5BrF3N3O3. The predicted octanol–water partition coefficient (Wildman–Crippen LogP) is 2.09. The summed E-state index contributed by atoms with van der Waals surface area (Å²) in [7, 11) is 0. The van der Waals surface area contributed by atoms with Crippen LogP contribution in [0.2, 0.25) is 0 Å². The highest BCUT2D eigenvalue weighted by molar-refractivity contribution is 9.10. The second-order valence-electron chi connectivity index (χ2n) is 2.62. The highest BCUT2D eigenvalue weighted by Gasteiger charge is 2.29. The lowest BCUT2D eigenvalue weighted by Crippen LogP contribution is -2.17. The molecule has 0 unspecified atom stereocenters. The highest BCUT2D eigenvalue weighted by atomic mass is 79.9. The van der Waals surface area contributed by atoms with Crippen molar-refractivity contribution in [2.45, 2.75) is 12.9 Å². The fourth-order valence-electron chi connectivity index (χ4n) is 0.880. The highest BCUT2D eigenvalue weighted by Crippen LogP contribution is 2.22. The first kappa shape index (κ1) is 12.9. The van der Waals surface area contributed by atoms with Crippen LogP contribution in [0.5, 0.6) is 0 Å². The molecule has 0 aliphatic heterocycles. The van der Waals surface area contributed by atoms with Gasteiger partial charge in [0.25, 0.3) is 0 Å². The molecule has 0 fully saturated rings. The minimum absolute atomic E-state index is 0.101. The number of ether oxygens (including phenoxy) is 1. The molecule has 0 bridgehead atoms. The summed E-state index contributed by atoms with van der Waals surface area (Å²) in [6.45, 7) is -0.888. The van der Waals surface area contributed by atoms with Gasteiger partial charge in [0.15, 0.2) is 0 Å². The van der Waals surface area contributed by atoms with Crippen LogP contribution in [0.1, 0.15) is 0 Å². The van der Waals surface area contributed by atoms with E-state index in [1.165, 1.54) is 6.20 Å². The van der Waals surface area contributed by atoms with Crippen LogP contribution < -0.4 is 0 Å². The molecule has 1 aromatic rings. The molecule has 6 nitrogen and oxygen atoms in total. The predicted molar refractivity (Wildman–Crippen MR) is 48.6 cm³/mol. The molecule has 1 rings (SSSR count). The van der Waals surface area contributed by atoms with Crippen molar-refractivity contribution >= 4 is 21.7 Å². The van der Waals surface area contributed by atoms with E-state index in [1.807, 2.05) is 0 Å². The average molecular weight is 304 g/mol. The molecule has 0 saturated heterocycles. The summed E-state index contributed by atoms with van der Waals surface area (Å²) in [5, 5.41) is 13.8. The van der Waals surface area contributed by atoms with E-state index in [4.69, 9.17) is 0 Å². The molecule has 0 aliphatic rings. The molecule has 0 N–H and O–H groups in total. The van der Waals surface area contributed by atoms with E-state index in [0.717, 1.165) is 4.68 Å². The Bertz CT molecular complexity index is 392. The van der Waals surface area contributed by atoms with Crippen LogP contribution >= 0.6 is 15.9 Å². The molecule has 0 amide bonds. The number of aromatic nitrogens is 2. The SMILES string of the molecule is O=[N+]([O-])c1nn(CCOC(F)(F)F)cc1Br. The first-order chi connectivity index (χ1) is 7.29. The third-order valence-corrected chi connectivity index (χ3v) is 2.02. The van der Waals surface area contributed by atoms with Crippen molar-refractivity contribution in [1.29, 1.82) is 0 Å². The fourth-order valence-corrected chi connectivity index (χ4v) is 1.34. The summed E-state index contributed by atoms with van der Waals surface area (Å²) >= 11 is 2.86. The zero-order chi connectivity index (χ0) is 12.3. The number of halogens is 4. The molecular weight excluding hydrogens is 299 g/mol. The van der Waals surface area contributed by atoms with E-state index in [1.54, 1.807) is 0 Å². The molecule has 0 saturated carbocycles. The summed E-state index contributed by atoms with van der Waals surface area (Å²) in [4.78, 5) is 9.61. The minimum atomic E-state index is -4.71. The molecule has 0 atom stereocenters. The molecule has 16 heavy (non-hydrogen) atoms. The van der Waals surface area contributed by atoms with Gasteiger partial charge in [0, 0.05) is 0 Å². The zero-order valence-corrected chi connectivity index (χ0v) is 9.16. The number of hydrogen-bond acceptors (Lipinski definition) is 4. The number of nitro groups is 1. The third kappa shape index (κ3) is 3.77. The summed E-state index contributed by atoms with van der Waals surface area (Å²) in [5.41, 5.74) is 0. The molecule has 1 heterocycles. The molecule has 90 valence electrons. The monoisotopic (exact) mass is 303 g/mol. The van der Waals surface area contributed by atoms with Gasteiger partial charge in [0.05, 0.1) is 24.4 Å². The maximum atomic E-state index is 11.6. The lowest BCUT2D eigenvalue weighted by Gasteiger charge is -2.05. The first-order valence-corrected chi connectivity index (χ1v) is 4.67. The van der Waals surface area contributed by atoms with Gasteiger partial charge in [0.2, 0.25) is 0 Å². The minimum Gasteiger partial charge on any atom is -0.358 e. The van der Waals surface area contributed by atoms with Crippen LogP contribution in [0, 0.1) is 10.1 Å². The van der Waals surface area contributed by atoms with E-state index < -0.39 is 23.7 Å². The standard InChI is InChI=1S/C6H5BrF3N3O3/c7-4-3-12(11-5(4)13(14)15)1-2-16-6(8,9)10/h3H,1-2H2. The van der Waals surface area contributed by atoms with Crippen LogP contribution in [0.4, 0.5) is 19.0 Å². The third-order valence-electron chi connectivity index (χ3n) is 1.46. The largest absolute Gasteiger partial charge is 0.522 e. The normalized spacial score (nSPS) is 11.8. The topological polar surface area (TPSA) is 70.2 Å². The van der Waals surface area contributed by atoms with Crippen molar-refractivity contribution in [3.8, 4) is 0 Å². The quantitative estimate of drug-likeness (QED) is 0.631. The Morgan fingerprint density at radius 3 is 2.69 bits per heavy atom. The van der Waals surface area contributed by atoms with Crippen molar-refractivity contribution in [1.82, 2.24) is 9.78 Å². The second kappa shape index (κ2) is 4.78. The fraction of sp³-hybridized carbons (Fsp3) is 0.500. The first-order valence-electron chi connectivity index (χ1n) is 3.87. The average Bonchev–Trinajstić information content (AvgIpc) is 2.44. The maximum absolute atomic E-state index is 11.6. The molecule has 10 heteroatoms. The van der Waals surface area contributed by atoms with Gasteiger partial charge in [-0.15, -0.1) is 13.2 Å². The Hall–Kier alpha value is -1.16. The van der Waals surface area contributed by atoms with Crippen molar-refractivity contribution in [3.05, 3.63) is 20.8 Å². The van der Waals surface area contributed by atoms with Crippen LogP contribution in [-0.2, 0) is 11.3 Å². The van der Waals surface area contributed by atoms with E-state index in [0.29, 0.717) is 0 Å². The van der Waals surface area contributed by atoms with E-state index in [9.17, 15) is 23.3 Å². The Kier molecular flexibility index (Phi) is 3.86. The van der Waals surface area contributed by atoms with Gasteiger partial charge >= 0.3 is 12.2 Å². The number of nitrogens with zero attached hydrogens (tertiary/aromatic N) is 3. The number of hydrogen-bond donors (Lipinski definition) is 0. The smallest absolute Gasteiger partial charge is 0.358 e. The van der Waals surface area contributed by atoms with Gasteiger partial charge < -0.3 is 10.1 Å². The zero-order valence-electron chi connectivity index (χ0n) is 7.57. The number of rotatable bonds is 4. The van der Waals surface area contributed by atoms with E-state index in [-0.39, 0.29) is 11.0 Å². The lowest BCUT2D eigenvalue weighted by atomic mass is 10.6. The lowest BCUT2D eigenvalue weighted by molar-refractivity contribution is -0.390. The van der Waals surface area contributed by atoms with Gasteiger partial charge in [0.1, 0.15) is 4.47 Å². The Balaban J connectivity index is 2.56. The second-order valence-corrected chi connectivity index (χ2v) is 3.47. The van der Waals surface area contributed by atoms with Gasteiger partial charge in [-0.1, -0.05) is 0 Å². The van der Waals surface area contributed by atoms with Crippen LogP contribution in [0.25, 0.3) is 0 Å². The maximum Gasteiger partial charge on any atom is 0.522 e. The molecule has 0 spiro atoms. The molecule has 1 aromatic heterocycles. The van der Waals surface area contributed by atoms with Gasteiger partial charge in [-0.05, 0) is 20.9 Å². The summed E-state index contributed by atoms with van der Waals surface area (Å²) < 4.78 is 39.4. The molecule has 0 radical (unpaired) electrons. The van der Waals surface area contributed by atoms with E-state index >= 15 is 0 Å². The van der Waals surface area contributed by atoms with E-state index in [2.05, 4.69) is 25.8 Å². The summed E-state index contributed by atoms with van der Waals surface area (Å²) in [6.07, 6.45) is -3.51. The van der Waals surface area contributed by atoms with Gasteiger partial charge in [-0.3, -0.25) is 4.74 Å². The van der Waals surface area contributed by atoms with Crippen molar-refractivity contribution < 1.29 is 22.8 Å². The van der Waals surface area contributed by atoms with Crippen molar-refractivity contribution in [2.75, 3.05) is 6.61 Å². The van der Waals surface area contributed by atoms with Gasteiger partial charge in [-0.25, -0.2) is 0 Å². The van der Waals surface area contributed by atoms with Gasteiger partial charge in [-0.2, -0.15) is 4.68 Å². The molecule has 0 aliphatic carbocycles. The van der Waals surface area contributed by atoms with Crippen LogP contribution in [0.15, 0.2) is 10.7 Å². The summed E-state index contributed by atoms with van der Waals surface area (Å²) in [5.74, 6) is -0.452. The Labute approximate surface area is 95.3 Å².